The van der Waals surface area contributed by atoms with Gasteiger partial charge in [-0.2, -0.15) is 0 Å². The molecular weight excluding hydrogens is 570 g/mol. The van der Waals surface area contributed by atoms with Crippen LogP contribution >= 0.6 is 11.8 Å². The van der Waals surface area contributed by atoms with Crippen LogP contribution in [0.4, 0.5) is 0 Å². The normalized spacial score (nSPS) is 12.2. The van der Waals surface area contributed by atoms with E-state index in [0.29, 0.717) is 34.0 Å². The van der Waals surface area contributed by atoms with Gasteiger partial charge in [0.1, 0.15) is 6.04 Å². The van der Waals surface area contributed by atoms with Crippen molar-refractivity contribution < 1.29 is 33.8 Å². The number of rotatable bonds is 12. The van der Waals surface area contributed by atoms with E-state index in [4.69, 9.17) is 4.74 Å². The van der Waals surface area contributed by atoms with Gasteiger partial charge in [0.15, 0.2) is 5.12 Å². The third-order valence-electron chi connectivity index (χ3n) is 6.81. The third-order valence-corrected chi connectivity index (χ3v) is 7.78. The SMILES string of the molecule is COC(=O)c1ccc(C(=O)Nn2cc(C[C@H](NC(=O)C(CSC(C)=O)Cc3ccccc3)C(=O)O)c3ccccc32)cc1. The fourth-order valence-electron chi connectivity index (χ4n) is 4.61. The molecule has 3 N–H and O–H groups in total. The molecule has 0 aliphatic heterocycles. The number of nitrogens with one attached hydrogen (secondary N) is 2. The van der Waals surface area contributed by atoms with Crippen LogP contribution in [-0.4, -0.2) is 57.6 Å². The molecular formula is C32H31N3O7S. The van der Waals surface area contributed by atoms with Gasteiger partial charge >= 0.3 is 11.9 Å². The number of esters is 1. The van der Waals surface area contributed by atoms with Crippen molar-refractivity contribution in [3.05, 3.63) is 107 Å². The minimum atomic E-state index is -1.26. The van der Waals surface area contributed by atoms with E-state index in [1.54, 1.807) is 30.5 Å². The number of carboxylic acids is 1. The maximum Gasteiger partial charge on any atom is 0.337 e. The van der Waals surface area contributed by atoms with Gasteiger partial charge in [-0.05, 0) is 47.9 Å². The number of hydrogen-bond acceptors (Lipinski definition) is 7. The molecule has 0 aliphatic rings. The van der Waals surface area contributed by atoms with E-state index in [9.17, 15) is 29.1 Å². The Balaban J connectivity index is 1.53. The minimum Gasteiger partial charge on any atom is -0.480 e. The highest BCUT2D eigenvalue weighted by Crippen LogP contribution is 2.23. The number of aromatic nitrogens is 1. The molecule has 3 aromatic carbocycles. The highest BCUT2D eigenvalue weighted by atomic mass is 32.2. The van der Waals surface area contributed by atoms with Crippen molar-refractivity contribution in [2.45, 2.75) is 25.8 Å². The molecule has 1 heterocycles. The Morgan fingerprint density at radius 2 is 1.53 bits per heavy atom. The van der Waals surface area contributed by atoms with Crippen LogP contribution in [0.1, 0.15) is 38.8 Å². The Hall–Kier alpha value is -4.90. The summed E-state index contributed by atoms with van der Waals surface area (Å²) in [4.78, 5) is 62.0. The van der Waals surface area contributed by atoms with E-state index < -0.39 is 35.7 Å². The van der Waals surface area contributed by atoms with Crippen LogP contribution in [0, 0.1) is 5.92 Å². The molecule has 0 fully saturated rings. The van der Waals surface area contributed by atoms with Crippen LogP contribution in [-0.2, 0) is 32.0 Å². The summed E-state index contributed by atoms with van der Waals surface area (Å²) >= 11 is 1.03. The number of para-hydroxylation sites is 1. The molecule has 11 heteroatoms. The molecule has 43 heavy (non-hydrogen) atoms. The minimum absolute atomic E-state index is 0.0454. The largest absolute Gasteiger partial charge is 0.480 e. The highest BCUT2D eigenvalue weighted by Gasteiger charge is 2.27. The first-order chi connectivity index (χ1) is 20.7. The maximum atomic E-state index is 13.3. The molecule has 1 unspecified atom stereocenters. The quantitative estimate of drug-likeness (QED) is 0.206. The van der Waals surface area contributed by atoms with Crippen molar-refractivity contribution in [1.82, 2.24) is 9.99 Å². The molecule has 2 amide bonds. The monoisotopic (exact) mass is 601 g/mol. The predicted molar refractivity (Wildman–Crippen MR) is 163 cm³/mol. The fraction of sp³-hybridized carbons (Fsp3) is 0.219. The van der Waals surface area contributed by atoms with Crippen LogP contribution in [0.15, 0.2) is 85.1 Å². The number of ether oxygens (including phenoxy) is 1. The number of hydrogen-bond donors (Lipinski definition) is 3. The average Bonchev–Trinajstić information content (AvgIpc) is 3.35. The second-order valence-corrected chi connectivity index (χ2v) is 11.0. The Morgan fingerprint density at radius 1 is 0.884 bits per heavy atom. The first-order valence-electron chi connectivity index (χ1n) is 13.5. The van der Waals surface area contributed by atoms with Gasteiger partial charge in [0, 0.05) is 36.2 Å². The lowest BCUT2D eigenvalue weighted by Crippen LogP contribution is -2.46. The standard InChI is InChI=1S/C32H31N3O7S/c1-20(36)43-19-25(16-21-8-4-3-5-9-21)29(37)33-27(31(39)40)17-24-18-35(28-11-7-6-10-26(24)28)34-30(38)22-12-14-23(15-13-22)32(41)42-2/h3-15,18,25,27H,16-17,19H2,1-2H3,(H,33,37)(H,34,38)(H,39,40)/t25?,27-/m0/s1. The highest BCUT2D eigenvalue weighted by molar-refractivity contribution is 8.13. The number of fused-ring (bicyclic) bond motifs is 1. The third kappa shape index (κ3) is 8.10. The number of aliphatic carboxylic acids is 1. The van der Waals surface area contributed by atoms with E-state index in [-0.39, 0.29) is 17.3 Å². The predicted octanol–water partition coefficient (Wildman–Crippen LogP) is 4.06. The number of carbonyl (C=O) groups is 5. The summed E-state index contributed by atoms with van der Waals surface area (Å²) in [6, 6.07) is 21.2. The average molecular weight is 602 g/mol. The summed E-state index contributed by atoms with van der Waals surface area (Å²) in [5, 5.41) is 13.3. The molecule has 0 radical (unpaired) electrons. The van der Waals surface area contributed by atoms with Gasteiger partial charge in [0.2, 0.25) is 5.91 Å². The topological polar surface area (TPSA) is 144 Å². The number of carboxylic acid groups (broad SMARTS) is 1. The first-order valence-corrected chi connectivity index (χ1v) is 14.4. The van der Waals surface area contributed by atoms with Crippen LogP contribution in [0.3, 0.4) is 0 Å². The van der Waals surface area contributed by atoms with Crippen molar-refractivity contribution in [1.29, 1.82) is 0 Å². The summed E-state index contributed by atoms with van der Waals surface area (Å²) in [7, 11) is 1.27. The summed E-state index contributed by atoms with van der Waals surface area (Å²) in [6.07, 6.45) is 1.93. The van der Waals surface area contributed by atoms with Crippen molar-refractivity contribution >= 4 is 51.5 Å². The number of nitrogens with zero attached hydrogens (tertiary/aromatic N) is 1. The Kier molecular flexibility index (Phi) is 10.3. The van der Waals surface area contributed by atoms with Crippen LogP contribution in [0.25, 0.3) is 10.9 Å². The van der Waals surface area contributed by atoms with E-state index in [1.807, 2.05) is 30.3 Å². The molecule has 10 nitrogen and oxygen atoms in total. The van der Waals surface area contributed by atoms with Gasteiger partial charge in [-0.1, -0.05) is 60.3 Å². The molecule has 0 bridgehead atoms. The smallest absolute Gasteiger partial charge is 0.337 e. The van der Waals surface area contributed by atoms with Crippen LogP contribution in [0.5, 0.6) is 0 Å². The number of carbonyl (C=O) groups excluding carboxylic acids is 4. The number of amides is 2. The molecule has 0 aliphatic carbocycles. The van der Waals surface area contributed by atoms with E-state index in [1.165, 1.54) is 43.0 Å². The summed E-state index contributed by atoms with van der Waals surface area (Å²) in [6.45, 7) is 1.42. The number of methoxy groups -OCH3 is 1. The Bertz CT molecular complexity index is 1630. The first kappa shape index (κ1) is 31.0. The lowest BCUT2D eigenvalue weighted by Gasteiger charge is -2.20. The molecule has 1 aromatic heterocycles. The zero-order chi connectivity index (χ0) is 30.9. The zero-order valence-electron chi connectivity index (χ0n) is 23.6. The Labute approximate surface area is 252 Å². The number of benzene rings is 3. The fourth-order valence-corrected chi connectivity index (χ4v) is 5.31. The molecule has 0 saturated carbocycles. The molecule has 4 rings (SSSR count). The second kappa shape index (κ2) is 14.3. The van der Waals surface area contributed by atoms with Gasteiger partial charge < -0.3 is 15.2 Å². The summed E-state index contributed by atoms with van der Waals surface area (Å²) in [5.74, 6) is -3.04. The lowest BCUT2D eigenvalue weighted by atomic mass is 9.99. The van der Waals surface area contributed by atoms with E-state index in [0.717, 1.165) is 17.3 Å². The number of thioether (sulfide) groups is 1. The van der Waals surface area contributed by atoms with E-state index >= 15 is 0 Å². The summed E-state index contributed by atoms with van der Waals surface area (Å²) in [5.41, 5.74) is 5.53. The molecule has 2 atom stereocenters. The summed E-state index contributed by atoms with van der Waals surface area (Å²) < 4.78 is 6.19. The molecule has 0 saturated heterocycles. The van der Waals surface area contributed by atoms with E-state index in [2.05, 4.69) is 10.7 Å². The second-order valence-electron chi connectivity index (χ2n) is 9.84. The maximum absolute atomic E-state index is 13.3. The van der Waals surface area contributed by atoms with Crippen LogP contribution in [0.2, 0.25) is 0 Å². The van der Waals surface area contributed by atoms with Gasteiger partial charge in [0.05, 0.1) is 24.1 Å². The van der Waals surface area contributed by atoms with Crippen molar-refractivity contribution in [2.24, 2.45) is 5.92 Å². The Morgan fingerprint density at radius 3 is 2.19 bits per heavy atom. The van der Waals surface area contributed by atoms with Crippen molar-refractivity contribution in [3.63, 3.8) is 0 Å². The van der Waals surface area contributed by atoms with Crippen molar-refractivity contribution in [3.8, 4) is 0 Å². The zero-order valence-corrected chi connectivity index (χ0v) is 24.4. The molecule has 222 valence electrons. The van der Waals surface area contributed by atoms with Gasteiger partial charge in [-0.15, -0.1) is 0 Å². The van der Waals surface area contributed by atoms with Gasteiger partial charge in [-0.25, -0.2) is 9.59 Å². The van der Waals surface area contributed by atoms with Crippen molar-refractivity contribution in [2.75, 3.05) is 18.3 Å². The van der Waals surface area contributed by atoms with Gasteiger partial charge in [-0.3, -0.25) is 24.5 Å². The van der Waals surface area contributed by atoms with Crippen LogP contribution < -0.4 is 10.7 Å². The molecule has 0 spiro atoms. The van der Waals surface area contributed by atoms with Gasteiger partial charge in [0.25, 0.3) is 5.91 Å². The molecule has 4 aromatic rings. The lowest BCUT2D eigenvalue weighted by molar-refractivity contribution is -0.142.